The Bertz CT molecular complexity index is 634. The van der Waals surface area contributed by atoms with Gasteiger partial charge in [0.15, 0.2) is 0 Å². The molecule has 0 heterocycles. The van der Waals surface area contributed by atoms with E-state index < -0.39 is 16.0 Å². The molecule has 1 N–H and O–H groups in total. The van der Waals surface area contributed by atoms with E-state index >= 15 is 0 Å². The van der Waals surface area contributed by atoms with Gasteiger partial charge < -0.3 is 5.11 Å². The molecular weight excluding hydrogens is 278 g/mol. The molecule has 0 saturated carbocycles. The van der Waals surface area contributed by atoms with Crippen LogP contribution in [-0.4, -0.2) is 26.5 Å². The fourth-order valence-corrected chi connectivity index (χ4v) is 3.96. The Morgan fingerprint density at radius 3 is 2.35 bits per heavy atom. The number of sulfonamides is 1. The number of aliphatic carboxylic acids is 1. The van der Waals surface area contributed by atoms with E-state index in [1.807, 2.05) is 0 Å². The van der Waals surface area contributed by atoms with Crippen molar-refractivity contribution >= 4 is 21.7 Å². The van der Waals surface area contributed by atoms with Crippen molar-refractivity contribution in [1.82, 2.24) is 0 Å². The van der Waals surface area contributed by atoms with E-state index in [-0.39, 0.29) is 10.5 Å². The summed E-state index contributed by atoms with van der Waals surface area (Å²) in [4.78, 5) is 11.3. The molecule has 0 bridgehead atoms. The minimum absolute atomic E-state index is 0.0269. The van der Waals surface area contributed by atoms with Gasteiger partial charge in [-0.15, -0.1) is 0 Å². The normalized spacial score (nSPS) is 16.1. The average Bonchev–Trinajstić information content (AvgIpc) is 2.47. The monoisotopic (exact) mass is 295 g/mol. The van der Waals surface area contributed by atoms with Crippen LogP contribution in [-0.2, 0) is 14.8 Å². The van der Waals surface area contributed by atoms with Crippen molar-refractivity contribution in [3.05, 3.63) is 40.8 Å². The third kappa shape index (κ3) is 2.70. The molecule has 0 spiro atoms. The highest BCUT2D eigenvalue weighted by Crippen LogP contribution is 2.32. The van der Waals surface area contributed by atoms with Crippen LogP contribution in [0.15, 0.2) is 40.8 Å². The Balaban J connectivity index is 2.46. The Morgan fingerprint density at radius 2 is 1.75 bits per heavy atom. The molecule has 2 rings (SSSR count). The number of allylic oxidation sites excluding steroid dienone is 1. The molecule has 0 fully saturated rings. The second-order valence-electron chi connectivity index (χ2n) is 4.72. The summed E-state index contributed by atoms with van der Waals surface area (Å²) in [6, 6.07) is 8.65. The molecule has 0 unspecified atom stereocenters. The number of rotatable bonds is 4. The lowest BCUT2D eigenvalue weighted by atomic mass is 9.99. The van der Waals surface area contributed by atoms with Gasteiger partial charge in [0.25, 0.3) is 10.0 Å². The number of para-hydroxylation sites is 1. The zero-order valence-electron chi connectivity index (χ0n) is 11.2. The van der Waals surface area contributed by atoms with Crippen molar-refractivity contribution in [3.8, 4) is 0 Å². The first-order valence-electron chi connectivity index (χ1n) is 6.44. The predicted octanol–water partition coefficient (Wildman–Crippen LogP) is 2.37. The molecule has 1 aromatic carbocycles. The summed E-state index contributed by atoms with van der Waals surface area (Å²) in [6.07, 6.45) is 2.03. The lowest BCUT2D eigenvalue weighted by Crippen LogP contribution is -2.30. The maximum atomic E-state index is 12.6. The summed E-state index contributed by atoms with van der Waals surface area (Å²) in [5.41, 5.74) is 0.550. The molecule has 5 nitrogen and oxygen atoms in total. The molecule has 1 aromatic rings. The average molecular weight is 295 g/mol. The number of hydrogen-bond acceptors (Lipinski definition) is 3. The van der Waals surface area contributed by atoms with Crippen molar-refractivity contribution < 1.29 is 18.3 Å². The van der Waals surface area contributed by atoms with Crippen LogP contribution in [0.1, 0.15) is 25.7 Å². The summed E-state index contributed by atoms with van der Waals surface area (Å²) in [5, 5.41) is 9.18. The molecule has 0 radical (unpaired) electrons. The maximum absolute atomic E-state index is 12.6. The lowest BCUT2D eigenvalue weighted by molar-refractivity contribution is -0.132. The Kier molecular flexibility index (Phi) is 4.13. The van der Waals surface area contributed by atoms with Gasteiger partial charge in [0.1, 0.15) is 0 Å². The number of carboxylic acids is 1. The first-order valence-corrected chi connectivity index (χ1v) is 7.88. The number of carbonyl (C=O) groups is 1. The molecule has 0 aliphatic heterocycles. The zero-order valence-corrected chi connectivity index (χ0v) is 12.1. The van der Waals surface area contributed by atoms with Crippen LogP contribution in [0.4, 0.5) is 5.69 Å². The van der Waals surface area contributed by atoms with E-state index in [0.717, 1.165) is 10.7 Å². The van der Waals surface area contributed by atoms with Crippen LogP contribution in [0, 0.1) is 0 Å². The minimum Gasteiger partial charge on any atom is -0.478 e. The summed E-state index contributed by atoms with van der Waals surface area (Å²) in [7, 11) is -2.33. The molecule has 20 heavy (non-hydrogen) atoms. The first kappa shape index (κ1) is 14.6. The van der Waals surface area contributed by atoms with Crippen LogP contribution >= 0.6 is 0 Å². The molecule has 0 amide bonds. The highest BCUT2D eigenvalue weighted by Gasteiger charge is 2.31. The second kappa shape index (κ2) is 5.66. The van der Waals surface area contributed by atoms with E-state index in [2.05, 4.69) is 0 Å². The minimum atomic E-state index is -3.78. The molecule has 0 aromatic heterocycles. The van der Waals surface area contributed by atoms with Crippen molar-refractivity contribution in [3.63, 3.8) is 0 Å². The van der Waals surface area contributed by atoms with Gasteiger partial charge in [-0.05, 0) is 37.8 Å². The van der Waals surface area contributed by atoms with Gasteiger partial charge in [-0.3, -0.25) is 4.31 Å². The van der Waals surface area contributed by atoms with Crippen molar-refractivity contribution in [1.29, 1.82) is 0 Å². The van der Waals surface area contributed by atoms with Crippen LogP contribution in [0.25, 0.3) is 0 Å². The van der Waals surface area contributed by atoms with Crippen molar-refractivity contribution in [2.45, 2.75) is 25.7 Å². The van der Waals surface area contributed by atoms with Gasteiger partial charge in [-0.25, -0.2) is 13.2 Å². The van der Waals surface area contributed by atoms with Gasteiger partial charge >= 0.3 is 5.97 Å². The van der Waals surface area contributed by atoms with Crippen LogP contribution in [0.2, 0.25) is 0 Å². The predicted molar refractivity (Wildman–Crippen MR) is 76.9 cm³/mol. The standard InChI is InChI=1S/C14H17NO4S/c1-15(11-7-3-2-4-8-11)20(18,19)13-10-6-5-9-12(13)14(16)17/h2-4,7-8H,5-6,9-10H2,1H3,(H,16,17). The summed E-state index contributed by atoms with van der Waals surface area (Å²) in [6.45, 7) is 0. The molecule has 1 aliphatic carbocycles. The third-order valence-electron chi connectivity index (χ3n) is 3.47. The van der Waals surface area contributed by atoms with Crippen LogP contribution in [0.5, 0.6) is 0 Å². The van der Waals surface area contributed by atoms with Gasteiger partial charge in [-0.1, -0.05) is 18.2 Å². The molecule has 1 aliphatic rings. The number of benzene rings is 1. The largest absolute Gasteiger partial charge is 0.478 e. The molecule has 0 saturated heterocycles. The first-order chi connectivity index (χ1) is 9.44. The van der Waals surface area contributed by atoms with E-state index in [4.69, 9.17) is 0 Å². The maximum Gasteiger partial charge on any atom is 0.332 e. The third-order valence-corrected chi connectivity index (χ3v) is 5.47. The van der Waals surface area contributed by atoms with E-state index in [1.165, 1.54) is 7.05 Å². The van der Waals surface area contributed by atoms with Gasteiger partial charge in [-0.2, -0.15) is 0 Å². The number of anilines is 1. The summed E-state index contributed by atoms with van der Waals surface area (Å²) in [5.74, 6) is -1.13. The number of nitrogens with zero attached hydrogens (tertiary/aromatic N) is 1. The Labute approximate surface area is 118 Å². The molecule has 108 valence electrons. The van der Waals surface area contributed by atoms with Crippen molar-refractivity contribution in [2.75, 3.05) is 11.4 Å². The number of carboxylic acid groups (broad SMARTS) is 1. The smallest absolute Gasteiger partial charge is 0.332 e. The van der Waals surface area contributed by atoms with Gasteiger partial charge in [0.05, 0.1) is 16.2 Å². The SMILES string of the molecule is CN(c1ccccc1)S(=O)(=O)C1=C(C(=O)O)CCCC1. The highest BCUT2D eigenvalue weighted by atomic mass is 32.2. The quantitative estimate of drug-likeness (QED) is 0.925. The fourth-order valence-electron chi connectivity index (χ4n) is 2.33. The van der Waals surface area contributed by atoms with E-state index in [9.17, 15) is 18.3 Å². The topological polar surface area (TPSA) is 74.7 Å². The lowest BCUT2D eigenvalue weighted by Gasteiger charge is -2.24. The number of hydrogen-bond donors (Lipinski definition) is 1. The van der Waals surface area contributed by atoms with Crippen molar-refractivity contribution in [2.24, 2.45) is 0 Å². The molecule has 0 atom stereocenters. The van der Waals surface area contributed by atoms with Gasteiger partial charge in [0, 0.05) is 7.05 Å². The Hall–Kier alpha value is -1.82. The van der Waals surface area contributed by atoms with E-state index in [0.29, 0.717) is 24.9 Å². The fraction of sp³-hybridized carbons (Fsp3) is 0.357. The van der Waals surface area contributed by atoms with Crippen LogP contribution < -0.4 is 4.31 Å². The van der Waals surface area contributed by atoms with Crippen LogP contribution in [0.3, 0.4) is 0 Å². The molecule has 6 heteroatoms. The Morgan fingerprint density at radius 1 is 1.15 bits per heavy atom. The molecular formula is C14H17NO4S. The summed E-state index contributed by atoms with van der Waals surface area (Å²) < 4.78 is 26.4. The zero-order chi connectivity index (χ0) is 14.8. The van der Waals surface area contributed by atoms with Gasteiger partial charge in [0.2, 0.25) is 0 Å². The van der Waals surface area contributed by atoms with E-state index in [1.54, 1.807) is 30.3 Å². The summed E-state index contributed by atoms with van der Waals surface area (Å²) >= 11 is 0. The second-order valence-corrected chi connectivity index (χ2v) is 6.71. The highest BCUT2D eigenvalue weighted by molar-refractivity contribution is 7.96.